The van der Waals surface area contributed by atoms with Gasteiger partial charge < -0.3 is 15.5 Å². The number of hydrogen-bond acceptors (Lipinski definition) is 3. The molecule has 3 rings (SSSR count). The molecule has 2 aliphatic carbocycles. The Balaban J connectivity index is 1.36. The second kappa shape index (κ2) is 11.9. The molecular weight excluding hydrogens is 382 g/mol. The number of aliphatic hydroxyl groups is 2. The molecule has 0 amide bonds. The fourth-order valence-corrected chi connectivity index (χ4v) is 5.37. The van der Waals surface area contributed by atoms with Crippen LogP contribution in [0, 0.1) is 17.8 Å². The molecule has 0 unspecified atom stereocenters. The lowest BCUT2D eigenvalue weighted by Gasteiger charge is -2.22. The average molecular weight is 426 g/mol. The molecule has 1 fully saturated rings. The quantitative estimate of drug-likeness (QED) is 0.250. The molecule has 2 aliphatic rings. The summed E-state index contributed by atoms with van der Waals surface area (Å²) in [5, 5.41) is 24.6. The van der Waals surface area contributed by atoms with Crippen LogP contribution in [-0.4, -0.2) is 28.5 Å². The van der Waals surface area contributed by atoms with Crippen molar-refractivity contribution in [1.29, 1.82) is 0 Å². The van der Waals surface area contributed by atoms with Gasteiger partial charge in [-0.05, 0) is 75.8 Å². The van der Waals surface area contributed by atoms with Crippen LogP contribution in [0.3, 0.4) is 0 Å². The van der Waals surface area contributed by atoms with Crippen LogP contribution in [0.25, 0.3) is 0 Å². The smallest absolute Gasteiger partial charge is 0.0654 e. The predicted molar refractivity (Wildman–Crippen MR) is 131 cm³/mol. The molecule has 31 heavy (non-hydrogen) atoms. The van der Waals surface area contributed by atoms with Crippen molar-refractivity contribution >= 4 is 5.69 Å². The molecule has 172 valence electrons. The van der Waals surface area contributed by atoms with Crippen LogP contribution in [-0.2, 0) is 0 Å². The van der Waals surface area contributed by atoms with E-state index in [1.165, 1.54) is 31.4 Å². The number of fused-ring (bicyclic) bond motifs is 1. The van der Waals surface area contributed by atoms with Crippen LogP contribution in [0.15, 0.2) is 54.1 Å². The molecule has 0 radical (unpaired) electrons. The highest BCUT2D eigenvalue weighted by Gasteiger charge is 2.43. The summed E-state index contributed by atoms with van der Waals surface area (Å²) in [4.78, 5) is 0. The first-order valence-corrected chi connectivity index (χ1v) is 12.5. The van der Waals surface area contributed by atoms with E-state index >= 15 is 0 Å². The number of hydrogen-bond donors (Lipinski definition) is 3. The van der Waals surface area contributed by atoms with E-state index in [1.807, 2.05) is 13.0 Å². The maximum absolute atomic E-state index is 10.6. The maximum Gasteiger partial charge on any atom is 0.0654 e. The van der Waals surface area contributed by atoms with Gasteiger partial charge in [-0.25, -0.2) is 0 Å². The summed E-state index contributed by atoms with van der Waals surface area (Å²) in [5.41, 5.74) is 2.19. The Hall–Kier alpha value is -1.58. The Morgan fingerprint density at radius 3 is 2.71 bits per heavy atom. The van der Waals surface area contributed by atoms with Gasteiger partial charge in [0.1, 0.15) is 0 Å². The summed E-state index contributed by atoms with van der Waals surface area (Å²) < 4.78 is 0. The van der Waals surface area contributed by atoms with E-state index in [-0.39, 0.29) is 12.0 Å². The third-order valence-electron chi connectivity index (χ3n) is 7.21. The molecule has 0 spiro atoms. The highest BCUT2D eigenvalue weighted by molar-refractivity contribution is 5.42. The van der Waals surface area contributed by atoms with Crippen molar-refractivity contribution < 1.29 is 10.2 Å². The van der Waals surface area contributed by atoms with E-state index in [4.69, 9.17) is 0 Å². The molecule has 0 heterocycles. The molecule has 1 saturated carbocycles. The molecule has 1 aromatic carbocycles. The van der Waals surface area contributed by atoms with Crippen molar-refractivity contribution in [2.75, 3.05) is 11.9 Å². The number of nitrogens with one attached hydrogen (secondary N) is 1. The van der Waals surface area contributed by atoms with Crippen molar-refractivity contribution in [3.63, 3.8) is 0 Å². The number of unbranched alkanes of at least 4 members (excludes halogenated alkanes) is 3. The first-order chi connectivity index (χ1) is 15.0. The van der Waals surface area contributed by atoms with Gasteiger partial charge in [-0.15, -0.1) is 0 Å². The molecule has 0 aliphatic heterocycles. The number of benzene rings is 1. The third-order valence-corrected chi connectivity index (χ3v) is 7.21. The number of para-hydroxylation sites is 1. The standard InChI is InChI=1S/C28H43NO2/c1-3-4-16-28(2,31)17-11-15-25-26-20-22(19-23(26)21-27(25)30)12-7-6-10-18-29-24-13-8-5-9-14-24/h5,8-9,11,13-15,19,23,25-27,29-31H,3-4,6-7,10,12,16-18,20-21H2,1-2H3/b15-11+/t23-,25+,26-,27+,28-/m0/s1. The van der Waals surface area contributed by atoms with Crippen molar-refractivity contribution in [3.8, 4) is 0 Å². The van der Waals surface area contributed by atoms with Gasteiger partial charge in [-0.3, -0.25) is 0 Å². The normalized spacial score (nSPS) is 27.3. The van der Waals surface area contributed by atoms with Gasteiger partial charge in [-0.2, -0.15) is 0 Å². The average Bonchev–Trinajstić information content (AvgIpc) is 3.27. The van der Waals surface area contributed by atoms with E-state index in [0.717, 1.165) is 38.6 Å². The summed E-state index contributed by atoms with van der Waals surface area (Å²) in [6, 6.07) is 10.4. The van der Waals surface area contributed by atoms with Crippen LogP contribution < -0.4 is 5.32 Å². The number of aliphatic hydroxyl groups excluding tert-OH is 1. The monoisotopic (exact) mass is 425 g/mol. The minimum Gasteiger partial charge on any atom is -0.392 e. The fourth-order valence-electron chi connectivity index (χ4n) is 5.37. The molecule has 0 aromatic heterocycles. The Labute approximate surface area is 189 Å². The molecule has 3 heteroatoms. The van der Waals surface area contributed by atoms with Crippen molar-refractivity contribution in [3.05, 3.63) is 54.1 Å². The molecule has 3 N–H and O–H groups in total. The maximum atomic E-state index is 10.6. The van der Waals surface area contributed by atoms with Crippen LogP contribution in [0.4, 0.5) is 5.69 Å². The third kappa shape index (κ3) is 7.50. The molecule has 1 aromatic rings. The van der Waals surface area contributed by atoms with E-state index in [9.17, 15) is 10.2 Å². The van der Waals surface area contributed by atoms with Crippen molar-refractivity contribution in [2.45, 2.75) is 89.8 Å². The zero-order valence-electron chi connectivity index (χ0n) is 19.6. The van der Waals surface area contributed by atoms with Crippen molar-refractivity contribution in [1.82, 2.24) is 0 Å². The van der Waals surface area contributed by atoms with Gasteiger partial charge in [0.2, 0.25) is 0 Å². The van der Waals surface area contributed by atoms with Crippen molar-refractivity contribution in [2.24, 2.45) is 17.8 Å². The Kier molecular flexibility index (Phi) is 9.22. The Morgan fingerprint density at radius 2 is 1.94 bits per heavy atom. The Bertz CT molecular complexity index is 709. The zero-order chi connectivity index (χ0) is 22.1. The highest BCUT2D eigenvalue weighted by Crippen LogP contribution is 2.48. The second-order valence-electron chi connectivity index (χ2n) is 10.1. The summed E-state index contributed by atoms with van der Waals surface area (Å²) in [5.74, 6) is 1.34. The number of allylic oxidation sites excluding steroid dienone is 2. The van der Waals surface area contributed by atoms with E-state index in [2.05, 4.69) is 54.7 Å². The minimum absolute atomic E-state index is 0.228. The van der Waals surface area contributed by atoms with E-state index < -0.39 is 5.60 Å². The number of rotatable bonds is 13. The molecule has 0 saturated heterocycles. The van der Waals surface area contributed by atoms with E-state index in [0.29, 0.717) is 18.3 Å². The van der Waals surface area contributed by atoms with Crippen LogP contribution in [0.2, 0.25) is 0 Å². The zero-order valence-corrected chi connectivity index (χ0v) is 19.6. The topological polar surface area (TPSA) is 52.5 Å². The largest absolute Gasteiger partial charge is 0.392 e. The van der Waals surface area contributed by atoms with Crippen LogP contribution in [0.1, 0.15) is 78.1 Å². The molecule has 0 bridgehead atoms. The van der Waals surface area contributed by atoms with Gasteiger partial charge in [0, 0.05) is 18.2 Å². The lowest BCUT2D eigenvalue weighted by Crippen LogP contribution is -2.23. The van der Waals surface area contributed by atoms with Gasteiger partial charge in [0.15, 0.2) is 0 Å². The highest BCUT2D eigenvalue weighted by atomic mass is 16.3. The fraction of sp³-hybridized carbons (Fsp3) is 0.643. The van der Waals surface area contributed by atoms with Crippen LogP contribution in [0.5, 0.6) is 0 Å². The lowest BCUT2D eigenvalue weighted by molar-refractivity contribution is 0.0513. The van der Waals surface area contributed by atoms with Gasteiger partial charge in [0.25, 0.3) is 0 Å². The second-order valence-corrected chi connectivity index (χ2v) is 10.1. The molecular formula is C28H43NO2. The van der Waals surface area contributed by atoms with Gasteiger partial charge in [-0.1, -0.05) is 68.2 Å². The predicted octanol–water partition coefficient (Wildman–Crippen LogP) is 6.49. The Morgan fingerprint density at radius 1 is 1.13 bits per heavy atom. The first kappa shape index (κ1) is 24.1. The minimum atomic E-state index is -0.621. The molecule has 3 nitrogen and oxygen atoms in total. The summed E-state index contributed by atoms with van der Waals surface area (Å²) in [7, 11) is 0. The summed E-state index contributed by atoms with van der Waals surface area (Å²) >= 11 is 0. The van der Waals surface area contributed by atoms with Crippen LogP contribution >= 0.6 is 0 Å². The first-order valence-electron chi connectivity index (χ1n) is 12.5. The summed E-state index contributed by atoms with van der Waals surface area (Å²) in [6.07, 6.45) is 17.3. The van der Waals surface area contributed by atoms with Gasteiger partial charge >= 0.3 is 0 Å². The van der Waals surface area contributed by atoms with E-state index in [1.54, 1.807) is 5.57 Å². The van der Waals surface area contributed by atoms with Gasteiger partial charge in [0.05, 0.1) is 11.7 Å². The molecule has 5 atom stereocenters. The SMILES string of the molecule is CCCC[C@](C)(O)C/C=C/[C@@H]1[C@H]2CC(CCCCCNc3ccccc3)=C[C@H]2C[C@H]1O. The number of anilines is 1. The summed E-state index contributed by atoms with van der Waals surface area (Å²) in [6.45, 7) is 5.13. The lowest BCUT2D eigenvalue weighted by atomic mass is 9.87.